The number of hydrogen-bond donors (Lipinski definition) is 3. The van der Waals surface area contributed by atoms with Gasteiger partial charge in [-0.2, -0.15) is 5.10 Å². The van der Waals surface area contributed by atoms with Crippen molar-refractivity contribution in [2.75, 3.05) is 18.0 Å². The zero-order valence-electron chi connectivity index (χ0n) is 12.0. The summed E-state index contributed by atoms with van der Waals surface area (Å²) in [6, 6.07) is 2.15. The number of amides is 1. The molecule has 0 spiro atoms. The third-order valence-electron chi connectivity index (χ3n) is 4.39. The number of nitrogens with zero attached hydrogens (tertiary/aromatic N) is 3. The van der Waals surface area contributed by atoms with Crippen molar-refractivity contribution in [3.63, 3.8) is 0 Å². The number of anilines is 1. The highest BCUT2D eigenvalue weighted by Crippen LogP contribution is 2.40. The highest BCUT2D eigenvalue weighted by molar-refractivity contribution is 5.96. The first kappa shape index (κ1) is 12.7. The lowest BCUT2D eigenvalue weighted by Crippen LogP contribution is -2.54. The van der Waals surface area contributed by atoms with Gasteiger partial charge in [0.1, 0.15) is 5.82 Å². The zero-order chi connectivity index (χ0) is 14.6. The molecule has 2 aliphatic heterocycles. The molecule has 7 nitrogen and oxygen atoms in total. The Morgan fingerprint density at radius 2 is 2.19 bits per heavy atom. The highest BCUT2D eigenvalue weighted by atomic mass is 16.3. The maximum absolute atomic E-state index is 12.0. The van der Waals surface area contributed by atoms with Crippen LogP contribution in [0.3, 0.4) is 0 Å². The Hall–Kier alpha value is -2.02. The van der Waals surface area contributed by atoms with E-state index < -0.39 is 6.35 Å². The molecule has 112 valence electrons. The minimum atomic E-state index is -0.971. The van der Waals surface area contributed by atoms with E-state index in [4.69, 9.17) is 0 Å². The molecule has 0 radical (unpaired) electrons. The Labute approximate surface area is 122 Å². The molecule has 1 aliphatic carbocycles. The molecule has 3 aliphatic rings. The van der Waals surface area contributed by atoms with E-state index in [9.17, 15) is 9.90 Å². The van der Waals surface area contributed by atoms with Gasteiger partial charge in [0.2, 0.25) is 6.35 Å². The number of aliphatic hydroxyl groups excluding tert-OH is 1. The van der Waals surface area contributed by atoms with Crippen LogP contribution >= 0.6 is 0 Å². The summed E-state index contributed by atoms with van der Waals surface area (Å²) < 4.78 is 1.90. The van der Waals surface area contributed by atoms with Crippen LogP contribution in [0.15, 0.2) is 17.3 Å². The SMILES string of the molecule is Cn1nc(C2CC2)cc1N1CCC2=C(C1)C(=O)NC(O)N2. The molecule has 1 amide bonds. The summed E-state index contributed by atoms with van der Waals surface area (Å²) in [5.41, 5.74) is 2.72. The summed E-state index contributed by atoms with van der Waals surface area (Å²) in [7, 11) is 1.95. The first-order valence-electron chi connectivity index (χ1n) is 7.38. The van der Waals surface area contributed by atoms with Gasteiger partial charge in [0.15, 0.2) is 0 Å². The van der Waals surface area contributed by atoms with Crippen LogP contribution in [0.25, 0.3) is 0 Å². The molecule has 21 heavy (non-hydrogen) atoms. The van der Waals surface area contributed by atoms with Crippen molar-refractivity contribution < 1.29 is 9.90 Å². The smallest absolute Gasteiger partial charge is 0.254 e. The molecule has 1 aromatic heterocycles. The van der Waals surface area contributed by atoms with Gasteiger partial charge in [-0.15, -0.1) is 0 Å². The topological polar surface area (TPSA) is 82.4 Å². The van der Waals surface area contributed by atoms with Crippen LogP contribution in [0.2, 0.25) is 0 Å². The van der Waals surface area contributed by atoms with Crippen molar-refractivity contribution in [2.45, 2.75) is 31.5 Å². The predicted octanol–water partition coefficient (Wildman–Crippen LogP) is -0.243. The van der Waals surface area contributed by atoms with Gasteiger partial charge >= 0.3 is 0 Å². The Bertz CT molecular complexity index is 631. The molecular formula is C14H19N5O2. The molecule has 3 N–H and O–H groups in total. The second kappa shape index (κ2) is 4.49. The predicted molar refractivity (Wildman–Crippen MR) is 76.3 cm³/mol. The van der Waals surface area contributed by atoms with E-state index in [1.54, 1.807) is 0 Å². The van der Waals surface area contributed by atoms with Gasteiger partial charge in [-0.05, 0) is 12.8 Å². The molecule has 1 unspecified atom stereocenters. The third kappa shape index (κ3) is 2.17. The lowest BCUT2D eigenvalue weighted by atomic mass is 10.0. The number of aliphatic hydroxyl groups is 1. The van der Waals surface area contributed by atoms with E-state index in [0.717, 1.165) is 30.2 Å². The molecular weight excluding hydrogens is 270 g/mol. The van der Waals surface area contributed by atoms with Crippen molar-refractivity contribution >= 4 is 11.7 Å². The molecule has 1 saturated carbocycles. The number of aromatic nitrogens is 2. The van der Waals surface area contributed by atoms with Gasteiger partial charge < -0.3 is 20.6 Å². The fourth-order valence-electron chi connectivity index (χ4n) is 3.09. The van der Waals surface area contributed by atoms with E-state index in [2.05, 4.69) is 26.7 Å². The van der Waals surface area contributed by atoms with Crippen LogP contribution in [0.1, 0.15) is 30.9 Å². The Morgan fingerprint density at radius 3 is 2.95 bits per heavy atom. The molecule has 7 heteroatoms. The van der Waals surface area contributed by atoms with Crippen LogP contribution in [0, 0.1) is 0 Å². The second-order valence-corrected chi connectivity index (χ2v) is 5.97. The van der Waals surface area contributed by atoms with Gasteiger partial charge in [0, 0.05) is 37.7 Å². The second-order valence-electron chi connectivity index (χ2n) is 5.97. The molecule has 4 rings (SSSR count). The van der Waals surface area contributed by atoms with Gasteiger partial charge in [0.25, 0.3) is 5.91 Å². The maximum Gasteiger partial charge on any atom is 0.254 e. The fraction of sp³-hybridized carbons (Fsp3) is 0.571. The van der Waals surface area contributed by atoms with E-state index in [-0.39, 0.29) is 5.91 Å². The van der Waals surface area contributed by atoms with Crippen LogP contribution in [0.4, 0.5) is 5.82 Å². The van der Waals surface area contributed by atoms with E-state index in [1.165, 1.54) is 12.8 Å². The fourth-order valence-corrected chi connectivity index (χ4v) is 3.09. The Morgan fingerprint density at radius 1 is 1.38 bits per heavy atom. The van der Waals surface area contributed by atoms with Gasteiger partial charge in [-0.3, -0.25) is 9.48 Å². The average molecular weight is 289 g/mol. The number of aryl methyl sites for hydroxylation is 1. The van der Waals surface area contributed by atoms with E-state index in [0.29, 0.717) is 18.0 Å². The summed E-state index contributed by atoms with van der Waals surface area (Å²) in [4.78, 5) is 14.2. The van der Waals surface area contributed by atoms with Crippen LogP contribution < -0.4 is 15.5 Å². The van der Waals surface area contributed by atoms with Crippen molar-refractivity contribution in [3.05, 3.63) is 23.0 Å². The molecule has 1 fully saturated rings. The summed E-state index contributed by atoms with van der Waals surface area (Å²) in [6.45, 7) is 1.36. The molecule has 0 aromatic carbocycles. The van der Waals surface area contributed by atoms with Gasteiger partial charge in [0.05, 0.1) is 17.8 Å². The summed E-state index contributed by atoms with van der Waals surface area (Å²) >= 11 is 0. The number of carbonyl (C=O) groups is 1. The maximum atomic E-state index is 12.0. The molecule has 1 aromatic rings. The van der Waals surface area contributed by atoms with Gasteiger partial charge in [-0.1, -0.05) is 0 Å². The zero-order valence-corrected chi connectivity index (χ0v) is 12.0. The molecule has 0 bridgehead atoms. The van der Waals surface area contributed by atoms with E-state index >= 15 is 0 Å². The number of hydrogen-bond acceptors (Lipinski definition) is 5. The minimum Gasteiger partial charge on any atom is -0.356 e. The molecule has 3 heterocycles. The number of rotatable bonds is 2. The van der Waals surface area contributed by atoms with Crippen molar-refractivity contribution in [1.82, 2.24) is 20.4 Å². The van der Waals surface area contributed by atoms with Crippen LogP contribution in [-0.4, -0.2) is 40.2 Å². The normalized spacial score (nSPS) is 25.5. The van der Waals surface area contributed by atoms with Crippen LogP contribution in [-0.2, 0) is 11.8 Å². The van der Waals surface area contributed by atoms with E-state index in [1.807, 2.05) is 11.7 Å². The summed E-state index contributed by atoms with van der Waals surface area (Å²) in [5, 5.41) is 19.5. The third-order valence-corrected chi connectivity index (χ3v) is 4.39. The summed E-state index contributed by atoms with van der Waals surface area (Å²) in [6.07, 6.45) is 2.22. The lowest BCUT2D eigenvalue weighted by Gasteiger charge is -2.35. The molecule has 1 atom stereocenters. The molecule has 0 saturated heterocycles. The minimum absolute atomic E-state index is 0.189. The van der Waals surface area contributed by atoms with Crippen molar-refractivity contribution in [2.24, 2.45) is 7.05 Å². The van der Waals surface area contributed by atoms with Crippen molar-refractivity contribution in [1.29, 1.82) is 0 Å². The Kier molecular flexibility index (Phi) is 2.72. The standard InChI is InChI=1S/C14H19N5O2/c1-18-12(6-11(17-18)8-2-3-8)19-5-4-10-9(7-19)13(20)16-14(21)15-10/h6,8,14-15,21H,2-5,7H2,1H3,(H,16,20). The number of carbonyl (C=O) groups excluding carboxylic acids is 1. The largest absolute Gasteiger partial charge is 0.356 e. The first-order chi connectivity index (χ1) is 10.1. The monoisotopic (exact) mass is 289 g/mol. The van der Waals surface area contributed by atoms with Crippen molar-refractivity contribution in [3.8, 4) is 0 Å². The number of nitrogens with one attached hydrogen (secondary N) is 2. The highest BCUT2D eigenvalue weighted by Gasteiger charge is 2.32. The average Bonchev–Trinajstić information content (AvgIpc) is 3.22. The first-order valence-corrected chi connectivity index (χ1v) is 7.38. The summed E-state index contributed by atoms with van der Waals surface area (Å²) in [5.74, 6) is 1.49. The van der Waals surface area contributed by atoms with Crippen LogP contribution in [0.5, 0.6) is 0 Å². The Balaban J connectivity index is 1.59. The quantitative estimate of drug-likeness (QED) is 0.700. The lowest BCUT2D eigenvalue weighted by molar-refractivity contribution is -0.122. The van der Waals surface area contributed by atoms with Gasteiger partial charge in [-0.25, -0.2) is 0 Å².